The van der Waals surface area contributed by atoms with Crippen molar-refractivity contribution >= 4 is 21.7 Å². The lowest BCUT2D eigenvalue weighted by Crippen LogP contribution is -2.22. The second-order valence-corrected chi connectivity index (χ2v) is 8.85. The average Bonchev–Trinajstić information content (AvgIpc) is 3.09. The number of aromatic amines is 1. The number of H-pyrrole nitrogens is 1. The predicted octanol–water partition coefficient (Wildman–Crippen LogP) is 6.37. The highest BCUT2D eigenvalue weighted by atomic mass is 16.3. The van der Waals surface area contributed by atoms with Crippen molar-refractivity contribution in [3.63, 3.8) is 0 Å². The van der Waals surface area contributed by atoms with Gasteiger partial charge in [0.05, 0.1) is 11.7 Å². The first kappa shape index (κ1) is 18.5. The van der Waals surface area contributed by atoms with Crippen molar-refractivity contribution in [3.8, 4) is 5.75 Å². The van der Waals surface area contributed by atoms with Gasteiger partial charge in [-0.3, -0.25) is 5.10 Å². The number of nitrogens with zero attached hydrogens (tertiary/aromatic N) is 1. The van der Waals surface area contributed by atoms with Crippen LogP contribution in [0.4, 0.5) is 0 Å². The van der Waals surface area contributed by atoms with Crippen molar-refractivity contribution in [2.24, 2.45) is 0 Å². The lowest BCUT2D eigenvalue weighted by atomic mass is 9.75. The van der Waals surface area contributed by atoms with E-state index in [-0.39, 0.29) is 5.41 Å². The minimum absolute atomic E-state index is 0.0782. The van der Waals surface area contributed by atoms with Gasteiger partial charge in [-0.1, -0.05) is 52.0 Å². The highest BCUT2D eigenvalue weighted by Gasteiger charge is 2.27. The molecule has 4 aromatic rings. The summed E-state index contributed by atoms with van der Waals surface area (Å²) < 4.78 is 0. The molecule has 0 aliphatic carbocycles. The summed E-state index contributed by atoms with van der Waals surface area (Å²) in [4.78, 5) is 0. The standard InChI is InChI=1S/C25H28N2O/c1-15(2)20-11-18(28)12-21-17(7-6-8-19(20)21)13-25(4,5)24-16(3)9-10-23-22(24)14-26-27-23/h6-12,14-15,28H,13H2,1-5H3,(H,26,27). The fraction of sp³-hybridized carbons (Fsp3) is 0.320. The maximum Gasteiger partial charge on any atom is 0.116 e. The van der Waals surface area contributed by atoms with Crippen LogP contribution in [0.2, 0.25) is 0 Å². The Morgan fingerprint density at radius 1 is 1.04 bits per heavy atom. The van der Waals surface area contributed by atoms with Gasteiger partial charge in [-0.05, 0) is 75.9 Å². The number of phenols is 1. The van der Waals surface area contributed by atoms with E-state index < -0.39 is 0 Å². The molecule has 0 saturated heterocycles. The fourth-order valence-electron chi connectivity index (χ4n) is 4.68. The van der Waals surface area contributed by atoms with Crippen LogP contribution < -0.4 is 0 Å². The summed E-state index contributed by atoms with van der Waals surface area (Å²) in [5, 5.41) is 21.3. The Hall–Kier alpha value is -2.81. The molecule has 144 valence electrons. The third-order valence-electron chi connectivity index (χ3n) is 5.87. The summed E-state index contributed by atoms with van der Waals surface area (Å²) in [6.45, 7) is 11.1. The SMILES string of the molecule is Cc1ccc2[nH]ncc2c1C(C)(C)Cc1cccc2c(C(C)C)cc(O)cc12. The molecule has 28 heavy (non-hydrogen) atoms. The van der Waals surface area contributed by atoms with E-state index in [0.717, 1.165) is 17.3 Å². The van der Waals surface area contributed by atoms with Gasteiger partial charge >= 0.3 is 0 Å². The minimum Gasteiger partial charge on any atom is -0.508 e. The van der Waals surface area contributed by atoms with Gasteiger partial charge in [0, 0.05) is 5.39 Å². The number of aryl methyl sites for hydroxylation is 1. The van der Waals surface area contributed by atoms with E-state index in [0.29, 0.717) is 11.7 Å². The summed E-state index contributed by atoms with van der Waals surface area (Å²) >= 11 is 0. The van der Waals surface area contributed by atoms with E-state index in [2.05, 4.69) is 75.1 Å². The van der Waals surface area contributed by atoms with Crippen molar-refractivity contribution in [2.75, 3.05) is 0 Å². The summed E-state index contributed by atoms with van der Waals surface area (Å²) in [6.07, 6.45) is 2.82. The first-order valence-electron chi connectivity index (χ1n) is 9.95. The molecule has 1 aromatic heterocycles. The van der Waals surface area contributed by atoms with Crippen molar-refractivity contribution in [1.82, 2.24) is 10.2 Å². The number of phenolic OH excluding ortho intramolecular Hbond substituents is 1. The monoisotopic (exact) mass is 372 g/mol. The van der Waals surface area contributed by atoms with E-state index >= 15 is 0 Å². The quantitative estimate of drug-likeness (QED) is 0.437. The van der Waals surface area contributed by atoms with Gasteiger partial charge in [0.25, 0.3) is 0 Å². The van der Waals surface area contributed by atoms with E-state index in [1.165, 1.54) is 33.0 Å². The van der Waals surface area contributed by atoms with Gasteiger partial charge < -0.3 is 5.11 Å². The topological polar surface area (TPSA) is 48.9 Å². The maximum atomic E-state index is 10.3. The van der Waals surface area contributed by atoms with Gasteiger partial charge in [-0.2, -0.15) is 5.10 Å². The van der Waals surface area contributed by atoms with Crippen LogP contribution >= 0.6 is 0 Å². The Morgan fingerprint density at radius 3 is 2.57 bits per heavy atom. The first-order chi connectivity index (χ1) is 13.3. The molecule has 4 rings (SSSR count). The Morgan fingerprint density at radius 2 is 1.82 bits per heavy atom. The number of rotatable bonds is 4. The van der Waals surface area contributed by atoms with Crippen LogP contribution in [0.15, 0.2) is 48.7 Å². The van der Waals surface area contributed by atoms with Gasteiger partial charge in [-0.25, -0.2) is 0 Å². The Labute approximate surface area is 166 Å². The predicted molar refractivity (Wildman–Crippen MR) is 117 cm³/mol. The zero-order valence-electron chi connectivity index (χ0n) is 17.3. The van der Waals surface area contributed by atoms with Crippen LogP contribution in [0.25, 0.3) is 21.7 Å². The molecule has 3 nitrogen and oxygen atoms in total. The second-order valence-electron chi connectivity index (χ2n) is 8.85. The van der Waals surface area contributed by atoms with Crippen molar-refractivity contribution < 1.29 is 5.11 Å². The molecule has 0 fully saturated rings. The molecule has 0 radical (unpaired) electrons. The molecule has 3 heteroatoms. The smallest absolute Gasteiger partial charge is 0.116 e. The van der Waals surface area contributed by atoms with Crippen LogP contribution in [0.1, 0.15) is 55.9 Å². The third kappa shape index (κ3) is 3.05. The molecule has 3 aromatic carbocycles. The van der Waals surface area contributed by atoms with E-state index in [4.69, 9.17) is 0 Å². The molecule has 2 N–H and O–H groups in total. The van der Waals surface area contributed by atoms with Crippen LogP contribution in [0, 0.1) is 6.92 Å². The zero-order valence-corrected chi connectivity index (χ0v) is 17.3. The number of fused-ring (bicyclic) bond motifs is 2. The highest BCUT2D eigenvalue weighted by Crippen LogP contribution is 2.38. The zero-order chi connectivity index (χ0) is 20.1. The molecule has 0 aliphatic rings. The Balaban J connectivity index is 1.87. The highest BCUT2D eigenvalue weighted by molar-refractivity contribution is 5.91. The van der Waals surface area contributed by atoms with Crippen molar-refractivity contribution in [2.45, 2.75) is 52.4 Å². The van der Waals surface area contributed by atoms with Gasteiger partial charge in [0.2, 0.25) is 0 Å². The molecule has 0 bridgehead atoms. The second kappa shape index (κ2) is 6.66. The van der Waals surface area contributed by atoms with Gasteiger partial charge in [0.15, 0.2) is 0 Å². The van der Waals surface area contributed by atoms with E-state index in [9.17, 15) is 5.11 Å². The van der Waals surface area contributed by atoms with E-state index in [1.807, 2.05) is 18.3 Å². The molecule has 0 aliphatic heterocycles. The van der Waals surface area contributed by atoms with E-state index in [1.54, 1.807) is 0 Å². The molecule has 1 heterocycles. The fourth-order valence-corrected chi connectivity index (χ4v) is 4.68. The Bertz CT molecular complexity index is 1170. The largest absolute Gasteiger partial charge is 0.508 e. The van der Waals surface area contributed by atoms with Crippen molar-refractivity contribution in [1.29, 1.82) is 0 Å². The Kier molecular flexibility index (Phi) is 4.41. The molecule has 0 atom stereocenters. The molecular weight excluding hydrogens is 344 g/mol. The molecule has 0 spiro atoms. The molecule has 0 unspecified atom stereocenters. The number of nitrogens with one attached hydrogen (secondary N) is 1. The summed E-state index contributed by atoms with van der Waals surface area (Å²) in [5.74, 6) is 0.703. The van der Waals surface area contributed by atoms with Gasteiger partial charge in [0.1, 0.15) is 5.75 Å². The molecular formula is C25H28N2O. The number of aromatic nitrogens is 2. The maximum absolute atomic E-state index is 10.3. The molecule has 0 amide bonds. The lowest BCUT2D eigenvalue weighted by Gasteiger charge is -2.29. The normalized spacial score (nSPS) is 12.4. The first-order valence-corrected chi connectivity index (χ1v) is 9.95. The summed E-state index contributed by atoms with van der Waals surface area (Å²) in [7, 11) is 0. The number of hydrogen-bond acceptors (Lipinski definition) is 2. The number of aromatic hydroxyl groups is 1. The summed E-state index contributed by atoms with van der Waals surface area (Å²) in [5.41, 5.74) is 6.07. The lowest BCUT2D eigenvalue weighted by molar-refractivity contribution is 0.475. The summed E-state index contributed by atoms with van der Waals surface area (Å²) in [6, 6.07) is 14.6. The minimum atomic E-state index is -0.0782. The average molecular weight is 373 g/mol. The van der Waals surface area contributed by atoms with Crippen LogP contribution in [-0.4, -0.2) is 15.3 Å². The van der Waals surface area contributed by atoms with Crippen molar-refractivity contribution in [3.05, 3.63) is 70.9 Å². The number of hydrogen-bond donors (Lipinski definition) is 2. The number of benzene rings is 3. The van der Waals surface area contributed by atoms with Crippen LogP contribution in [0.3, 0.4) is 0 Å². The van der Waals surface area contributed by atoms with Crippen LogP contribution in [-0.2, 0) is 11.8 Å². The molecule has 0 saturated carbocycles. The van der Waals surface area contributed by atoms with Crippen LogP contribution in [0.5, 0.6) is 5.75 Å². The van der Waals surface area contributed by atoms with Gasteiger partial charge in [-0.15, -0.1) is 0 Å². The third-order valence-corrected chi connectivity index (χ3v) is 5.87.